The van der Waals surface area contributed by atoms with Crippen molar-refractivity contribution in [2.45, 2.75) is 0 Å². The Hall–Kier alpha value is -2.69. The van der Waals surface area contributed by atoms with Crippen molar-refractivity contribution in [2.24, 2.45) is 0 Å². The molecule has 0 fully saturated rings. The molecule has 0 saturated heterocycles. The summed E-state index contributed by atoms with van der Waals surface area (Å²) >= 11 is 0. The van der Waals surface area contributed by atoms with Crippen molar-refractivity contribution >= 4 is 16.6 Å². The molecule has 19 heavy (non-hydrogen) atoms. The van der Waals surface area contributed by atoms with Crippen molar-refractivity contribution < 1.29 is 9.13 Å². The van der Waals surface area contributed by atoms with E-state index in [0.717, 1.165) is 10.9 Å². The second-order valence-corrected chi connectivity index (χ2v) is 4.01. The van der Waals surface area contributed by atoms with Crippen molar-refractivity contribution in [3.05, 3.63) is 54.5 Å². The van der Waals surface area contributed by atoms with Crippen LogP contribution < -0.4 is 10.5 Å². The molecule has 0 radical (unpaired) electrons. The summed E-state index contributed by atoms with van der Waals surface area (Å²) in [6, 6.07) is 11.5. The first-order chi connectivity index (χ1) is 9.24. The number of rotatable bonds is 2. The molecule has 1 heterocycles. The summed E-state index contributed by atoms with van der Waals surface area (Å²) in [7, 11) is 0. The normalized spacial score (nSPS) is 10.6. The SMILES string of the molecule is Nc1cc(F)ccc1Oc1cnnc2ccccc12. The highest BCUT2D eigenvalue weighted by Gasteiger charge is 2.07. The highest BCUT2D eigenvalue weighted by molar-refractivity contribution is 5.84. The zero-order valence-corrected chi connectivity index (χ0v) is 9.88. The summed E-state index contributed by atoms with van der Waals surface area (Å²) in [4.78, 5) is 0. The molecule has 1 aromatic heterocycles. The molecule has 5 heteroatoms. The minimum atomic E-state index is -0.400. The summed E-state index contributed by atoms with van der Waals surface area (Å²) in [5.74, 6) is 0.519. The first kappa shape index (κ1) is 11.4. The third-order valence-electron chi connectivity index (χ3n) is 2.70. The second-order valence-electron chi connectivity index (χ2n) is 4.01. The molecule has 0 bridgehead atoms. The van der Waals surface area contributed by atoms with Crippen LogP contribution in [-0.2, 0) is 0 Å². The van der Waals surface area contributed by atoms with Gasteiger partial charge in [0.15, 0.2) is 11.5 Å². The number of hydrogen-bond donors (Lipinski definition) is 1. The molecule has 2 aromatic carbocycles. The highest BCUT2D eigenvalue weighted by Crippen LogP contribution is 2.31. The maximum absolute atomic E-state index is 13.0. The van der Waals surface area contributed by atoms with Gasteiger partial charge in [-0.25, -0.2) is 4.39 Å². The van der Waals surface area contributed by atoms with E-state index in [9.17, 15) is 4.39 Å². The van der Waals surface area contributed by atoms with Crippen LogP contribution >= 0.6 is 0 Å². The smallest absolute Gasteiger partial charge is 0.157 e. The molecule has 4 nitrogen and oxygen atoms in total. The van der Waals surface area contributed by atoms with Crippen molar-refractivity contribution in [2.75, 3.05) is 5.73 Å². The van der Waals surface area contributed by atoms with Crippen molar-refractivity contribution in [3.63, 3.8) is 0 Å². The van der Waals surface area contributed by atoms with E-state index in [0.29, 0.717) is 11.5 Å². The van der Waals surface area contributed by atoms with Crippen LogP contribution in [0, 0.1) is 5.82 Å². The van der Waals surface area contributed by atoms with E-state index in [1.54, 1.807) is 0 Å². The molecule has 0 atom stereocenters. The molecule has 0 unspecified atom stereocenters. The fourth-order valence-corrected chi connectivity index (χ4v) is 1.79. The van der Waals surface area contributed by atoms with Gasteiger partial charge in [0.05, 0.1) is 17.4 Å². The molecule has 3 aromatic rings. The number of halogens is 1. The lowest BCUT2D eigenvalue weighted by Crippen LogP contribution is -1.95. The van der Waals surface area contributed by atoms with Gasteiger partial charge in [-0.15, -0.1) is 0 Å². The first-order valence-electron chi connectivity index (χ1n) is 5.67. The Morgan fingerprint density at radius 1 is 1.05 bits per heavy atom. The topological polar surface area (TPSA) is 61.0 Å². The summed E-state index contributed by atoms with van der Waals surface area (Å²) < 4.78 is 18.7. The Kier molecular flexibility index (Phi) is 2.72. The quantitative estimate of drug-likeness (QED) is 0.714. The maximum Gasteiger partial charge on any atom is 0.157 e. The number of nitrogens with zero attached hydrogens (tertiary/aromatic N) is 2. The van der Waals surface area contributed by atoms with Crippen molar-refractivity contribution in [3.8, 4) is 11.5 Å². The average Bonchev–Trinajstić information content (AvgIpc) is 2.42. The van der Waals surface area contributed by atoms with Gasteiger partial charge in [-0.3, -0.25) is 0 Å². The summed E-state index contributed by atoms with van der Waals surface area (Å²) in [5, 5.41) is 8.69. The third kappa shape index (κ3) is 2.18. The summed E-state index contributed by atoms with van der Waals surface area (Å²) in [5.41, 5.74) is 6.67. The number of benzene rings is 2. The van der Waals surface area contributed by atoms with Crippen LogP contribution in [0.1, 0.15) is 0 Å². The maximum atomic E-state index is 13.0. The number of nitrogen functional groups attached to an aromatic ring is 1. The van der Waals surface area contributed by atoms with Gasteiger partial charge in [-0.05, 0) is 24.3 Å². The molecule has 0 aliphatic heterocycles. The van der Waals surface area contributed by atoms with E-state index in [4.69, 9.17) is 10.5 Å². The number of nitrogens with two attached hydrogens (primary N) is 1. The molecular weight excluding hydrogens is 245 g/mol. The minimum Gasteiger partial charge on any atom is -0.453 e. The third-order valence-corrected chi connectivity index (χ3v) is 2.70. The molecule has 0 aliphatic carbocycles. The van der Waals surface area contributed by atoms with Gasteiger partial charge in [-0.1, -0.05) is 12.1 Å². The van der Waals surface area contributed by atoms with Crippen LogP contribution in [-0.4, -0.2) is 10.2 Å². The van der Waals surface area contributed by atoms with Crippen LogP contribution in [0.4, 0.5) is 10.1 Å². The first-order valence-corrected chi connectivity index (χ1v) is 5.67. The number of aromatic nitrogens is 2. The second kappa shape index (κ2) is 4.53. The number of ether oxygens (including phenoxy) is 1. The van der Waals surface area contributed by atoms with E-state index in [1.165, 1.54) is 24.4 Å². The molecule has 2 N–H and O–H groups in total. The van der Waals surface area contributed by atoms with Gasteiger partial charge in [0.25, 0.3) is 0 Å². The van der Waals surface area contributed by atoms with Gasteiger partial charge in [0.2, 0.25) is 0 Å². The van der Waals surface area contributed by atoms with E-state index in [-0.39, 0.29) is 5.69 Å². The highest BCUT2D eigenvalue weighted by atomic mass is 19.1. The Balaban J connectivity index is 2.06. The largest absolute Gasteiger partial charge is 0.453 e. The molecule has 0 aliphatic rings. The number of hydrogen-bond acceptors (Lipinski definition) is 4. The van der Waals surface area contributed by atoms with Gasteiger partial charge in [-0.2, -0.15) is 10.2 Å². The lowest BCUT2D eigenvalue weighted by atomic mass is 10.2. The van der Waals surface area contributed by atoms with Crippen LogP contribution in [0.3, 0.4) is 0 Å². The Morgan fingerprint density at radius 3 is 2.74 bits per heavy atom. The summed E-state index contributed by atoms with van der Waals surface area (Å²) in [6.45, 7) is 0. The molecule has 3 rings (SSSR count). The van der Waals surface area contributed by atoms with Gasteiger partial charge in [0, 0.05) is 11.5 Å². The lowest BCUT2D eigenvalue weighted by molar-refractivity contribution is 0.485. The number of anilines is 1. The molecule has 94 valence electrons. The van der Waals surface area contributed by atoms with Crippen LogP contribution in [0.15, 0.2) is 48.7 Å². The Labute approximate surface area is 108 Å². The fraction of sp³-hybridized carbons (Fsp3) is 0. The predicted octanol–water partition coefficient (Wildman–Crippen LogP) is 3.14. The number of fused-ring (bicyclic) bond motifs is 1. The molecule has 0 amide bonds. The zero-order chi connectivity index (χ0) is 13.2. The fourth-order valence-electron chi connectivity index (χ4n) is 1.79. The van der Waals surface area contributed by atoms with E-state index in [2.05, 4.69) is 10.2 Å². The Morgan fingerprint density at radius 2 is 1.89 bits per heavy atom. The van der Waals surface area contributed by atoms with Gasteiger partial charge in [0.1, 0.15) is 5.82 Å². The van der Waals surface area contributed by atoms with Crippen LogP contribution in [0.25, 0.3) is 10.9 Å². The Bertz CT molecular complexity index is 740. The van der Waals surface area contributed by atoms with E-state index >= 15 is 0 Å². The average molecular weight is 255 g/mol. The molecular formula is C14H10FN3O. The minimum absolute atomic E-state index is 0.237. The zero-order valence-electron chi connectivity index (χ0n) is 9.88. The predicted molar refractivity (Wildman–Crippen MR) is 70.4 cm³/mol. The lowest BCUT2D eigenvalue weighted by Gasteiger charge is -2.09. The summed E-state index contributed by atoms with van der Waals surface area (Å²) in [6.07, 6.45) is 1.51. The van der Waals surface area contributed by atoms with Crippen LogP contribution in [0.5, 0.6) is 11.5 Å². The van der Waals surface area contributed by atoms with E-state index in [1.807, 2.05) is 24.3 Å². The van der Waals surface area contributed by atoms with Gasteiger partial charge < -0.3 is 10.5 Å². The molecule has 0 spiro atoms. The van der Waals surface area contributed by atoms with Crippen LogP contribution in [0.2, 0.25) is 0 Å². The van der Waals surface area contributed by atoms with E-state index < -0.39 is 5.82 Å². The van der Waals surface area contributed by atoms with Crippen molar-refractivity contribution in [1.82, 2.24) is 10.2 Å². The van der Waals surface area contributed by atoms with Crippen molar-refractivity contribution in [1.29, 1.82) is 0 Å². The van der Waals surface area contributed by atoms with Gasteiger partial charge >= 0.3 is 0 Å². The molecule has 0 saturated carbocycles. The monoisotopic (exact) mass is 255 g/mol. The standard InChI is InChI=1S/C14H10FN3O/c15-9-5-6-13(11(16)7-9)19-14-8-17-18-12-4-2-1-3-10(12)14/h1-8H,16H2.